The number of benzene rings is 2. The normalized spacial score (nSPS) is 14.2. The molecule has 0 fully saturated rings. The molecule has 2 rings (SSSR count). The number of hydrogen-bond donors (Lipinski definition) is 5. The summed E-state index contributed by atoms with van der Waals surface area (Å²) in [5.74, 6) is 7.35. The average molecular weight is 620 g/mol. The fourth-order valence-electron chi connectivity index (χ4n) is 3.28. The summed E-state index contributed by atoms with van der Waals surface area (Å²) in [5, 5.41) is 30.3. The van der Waals surface area contributed by atoms with Gasteiger partial charge in [-0.25, -0.2) is 5.84 Å². The second-order valence-corrected chi connectivity index (χ2v) is 10.3. The van der Waals surface area contributed by atoms with Crippen LogP contribution in [-0.2, 0) is 5.41 Å². The molecule has 0 spiro atoms. The molecule has 10 heteroatoms. The number of aliphatic hydroxyl groups is 3. The van der Waals surface area contributed by atoms with E-state index in [1.165, 1.54) is 5.01 Å². The molecule has 0 saturated heterocycles. The zero-order chi connectivity index (χ0) is 26.2. The maximum atomic E-state index is 10.2. The molecule has 194 valence electrons. The summed E-state index contributed by atoms with van der Waals surface area (Å²) >= 11 is 7.86. The van der Waals surface area contributed by atoms with E-state index < -0.39 is 12.2 Å². The number of halogens is 2. The van der Waals surface area contributed by atoms with Crippen molar-refractivity contribution in [1.82, 2.24) is 5.01 Å². The van der Waals surface area contributed by atoms with Crippen molar-refractivity contribution in [2.75, 3.05) is 32.2 Å². The van der Waals surface area contributed by atoms with Gasteiger partial charge in [0, 0.05) is 11.1 Å². The molecule has 7 N–H and O–H groups in total. The van der Waals surface area contributed by atoms with Gasteiger partial charge in [0.15, 0.2) is 0 Å². The molecule has 2 aromatic rings. The lowest BCUT2D eigenvalue weighted by Gasteiger charge is -2.27. The van der Waals surface area contributed by atoms with Crippen molar-refractivity contribution in [3.8, 4) is 11.5 Å². The van der Waals surface area contributed by atoms with E-state index in [4.69, 9.17) is 37.8 Å². The molecule has 0 amide bonds. The van der Waals surface area contributed by atoms with Crippen molar-refractivity contribution in [3.63, 3.8) is 0 Å². The molecule has 2 atom stereocenters. The van der Waals surface area contributed by atoms with Gasteiger partial charge in [0.05, 0.1) is 28.3 Å². The first kappa shape index (κ1) is 29.5. The Morgan fingerprint density at radius 3 is 2.23 bits per heavy atom. The van der Waals surface area contributed by atoms with Crippen molar-refractivity contribution < 1.29 is 24.8 Å². The minimum Gasteiger partial charge on any atom is -0.491 e. The number of nitrogens with two attached hydrogens (primary N) is 2. The highest BCUT2D eigenvalue weighted by atomic mass is 127. The molecule has 0 saturated carbocycles. The number of alkyl halides is 1. The quantitative estimate of drug-likeness (QED) is 0.100. The summed E-state index contributed by atoms with van der Waals surface area (Å²) < 4.78 is 12.3. The Morgan fingerprint density at radius 1 is 1.06 bits per heavy atom. The van der Waals surface area contributed by atoms with Crippen LogP contribution in [0, 0.1) is 3.57 Å². The molecular weight excluding hydrogens is 585 g/mol. The molecule has 0 aromatic heterocycles. The van der Waals surface area contributed by atoms with Crippen molar-refractivity contribution >= 4 is 34.2 Å². The van der Waals surface area contributed by atoms with Crippen molar-refractivity contribution in [3.05, 3.63) is 68.6 Å². The first-order valence-electron chi connectivity index (χ1n) is 11.2. The van der Waals surface area contributed by atoms with E-state index in [0.717, 1.165) is 14.7 Å². The summed E-state index contributed by atoms with van der Waals surface area (Å²) in [5.41, 5.74) is 8.36. The number of ether oxygens (including phenoxy) is 2. The van der Waals surface area contributed by atoms with Crippen LogP contribution in [0.25, 0.3) is 0 Å². The third-order valence-corrected chi connectivity index (χ3v) is 6.95. The van der Waals surface area contributed by atoms with Gasteiger partial charge in [0.2, 0.25) is 0 Å². The molecule has 0 heterocycles. The van der Waals surface area contributed by atoms with Crippen LogP contribution in [0.15, 0.2) is 53.9 Å². The predicted octanol–water partition coefficient (Wildman–Crippen LogP) is 2.69. The van der Waals surface area contributed by atoms with Crippen LogP contribution in [0.4, 0.5) is 0 Å². The first-order valence-corrected chi connectivity index (χ1v) is 12.8. The average Bonchev–Trinajstić information content (AvgIpc) is 2.85. The minimum atomic E-state index is -0.842. The summed E-state index contributed by atoms with van der Waals surface area (Å²) in [7, 11) is 0. The van der Waals surface area contributed by atoms with E-state index in [1.54, 1.807) is 6.92 Å². The van der Waals surface area contributed by atoms with Crippen LogP contribution in [-0.4, -0.2) is 64.8 Å². The Kier molecular flexibility index (Phi) is 11.4. The van der Waals surface area contributed by atoms with Gasteiger partial charge in [0.1, 0.15) is 36.9 Å². The highest BCUT2D eigenvalue weighted by molar-refractivity contribution is 14.1. The van der Waals surface area contributed by atoms with Crippen molar-refractivity contribution in [2.45, 2.75) is 38.4 Å². The largest absolute Gasteiger partial charge is 0.491 e. The number of nitrogens with zero attached hydrogens (tertiary/aromatic N) is 1. The molecule has 0 aliphatic heterocycles. The number of aliphatic hydroxyl groups excluding tert-OH is 3. The van der Waals surface area contributed by atoms with E-state index >= 15 is 0 Å². The summed E-state index contributed by atoms with van der Waals surface area (Å²) in [6.45, 7) is 5.97. The molecular formula is C25H35ClIN3O5. The van der Waals surface area contributed by atoms with Gasteiger partial charge in [-0.05, 0) is 64.9 Å². The SMILES string of the molecule is C/C(=C(/N)CO)N(N)C[C@H](O)COc1ccc(C(C)(C)c2ccc(OC[C@@H](O)CCl)c(I)c2)cc1. The van der Waals surface area contributed by atoms with Crippen LogP contribution in [0.1, 0.15) is 31.9 Å². The molecule has 2 aromatic carbocycles. The van der Waals surface area contributed by atoms with Crippen LogP contribution < -0.4 is 21.1 Å². The third kappa shape index (κ3) is 8.40. The van der Waals surface area contributed by atoms with Crippen LogP contribution in [0.5, 0.6) is 11.5 Å². The van der Waals surface area contributed by atoms with E-state index in [1.807, 2.05) is 36.4 Å². The molecule has 8 nitrogen and oxygen atoms in total. The fraction of sp³-hybridized carbons (Fsp3) is 0.440. The molecule has 0 unspecified atom stereocenters. The second kappa shape index (κ2) is 13.5. The third-order valence-electron chi connectivity index (χ3n) is 5.75. The lowest BCUT2D eigenvalue weighted by molar-refractivity contribution is 0.0779. The molecule has 35 heavy (non-hydrogen) atoms. The molecule has 0 radical (unpaired) electrons. The number of hydrazine groups is 1. The molecule has 0 aliphatic rings. The second-order valence-electron chi connectivity index (χ2n) is 8.80. The Bertz CT molecular complexity index is 988. The van der Waals surface area contributed by atoms with Gasteiger partial charge in [-0.3, -0.25) is 0 Å². The van der Waals surface area contributed by atoms with Gasteiger partial charge in [0.25, 0.3) is 0 Å². The lowest BCUT2D eigenvalue weighted by Crippen LogP contribution is -2.40. The molecule has 0 bridgehead atoms. The van der Waals surface area contributed by atoms with Gasteiger partial charge < -0.3 is 35.5 Å². The summed E-state index contributed by atoms with van der Waals surface area (Å²) in [4.78, 5) is 0. The van der Waals surface area contributed by atoms with Gasteiger partial charge in [-0.1, -0.05) is 32.0 Å². The Labute approximate surface area is 225 Å². The monoisotopic (exact) mass is 619 g/mol. The molecule has 0 aliphatic carbocycles. The van der Waals surface area contributed by atoms with Crippen LogP contribution >= 0.6 is 34.2 Å². The first-order chi connectivity index (χ1) is 16.5. The minimum absolute atomic E-state index is 0.0564. The van der Waals surface area contributed by atoms with E-state index in [2.05, 4.69) is 42.5 Å². The maximum Gasteiger partial charge on any atom is 0.132 e. The Balaban J connectivity index is 2.00. The summed E-state index contributed by atoms with van der Waals surface area (Å²) in [6, 6.07) is 13.7. The van der Waals surface area contributed by atoms with Crippen molar-refractivity contribution in [1.29, 1.82) is 0 Å². The van der Waals surface area contributed by atoms with Crippen molar-refractivity contribution in [2.24, 2.45) is 11.6 Å². The predicted molar refractivity (Wildman–Crippen MR) is 146 cm³/mol. The standard InChI is InChI=1S/C25H35ClIN3O5/c1-16(23(28)13-31)30(29)12-20(33)15-34-21-7-4-17(5-8-21)25(2,3)18-6-9-24(22(27)10-18)35-14-19(32)11-26/h4-10,19-20,31-33H,11-15,28-29H2,1-3H3/b23-16-/t19-,20-/m0/s1. The number of hydrogen-bond acceptors (Lipinski definition) is 8. The zero-order valence-electron chi connectivity index (χ0n) is 20.2. The topological polar surface area (TPSA) is 134 Å². The smallest absolute Gasteiger partial charge is 0.132 e. The maximum absolute atomic E-state index is 10.2. The fourth-order valence-corrected chi connectivity index (χ4v) is 4.04. The summed E-state index contributed by atoms with van der Waals surface area (Å²) in [6.07, 6.45) is -1.54. The highest BCUT2D eigenvalue weighted by Gasteiger charge is 2.24. The highest BCUT2D eigenvalue weighted by Crippen LogP contribution is 2.35. The van der Waals surface area contributed by atoms with Gasteiger partial charge in [-0.15, -0.1) is 11.6 Å². The van der Waals surface area contributed by atoms with Crippen LogP contribution in [0.3, 0.4) is 0 Å². The lowest BCUT2D eigenvalue weighted by atomic mass is 9.78. The Morgan fingerprint density at radius 2 is 1.66 bits per heavy atom. The van der Waals surface area contributed by atoms with Gasteiger partial charge in [-0.2, -0.15) is 0 Å². The van der Waals surface area contributed by atoms with E-state index in [0.29, 0.717) is 17.2 Å². The van der Waals surface area contributed by atoms with E-state index in [-0.39, 0.29) is 43.4 Å². The van der Waals surface area contributed by atoms with E-state index in [9.17, 15) is 10.2 Å². The van der Waals surface area contributed by atoms with Crippen LogP contribution in [0.2, 0.25) is 0 Å². The zero-order valence-corrected chi connectivity index (χ0v) is 23.2. The number of allylic oxidation sites excluding steroid dienone is 1. The Hall–Kier alpha value is -1.76. The number of rotatable bonds is 13. The van der Waals surface area contributed by atoms with Gasteiger partial charge >= 0.3 is 0 Å².